The van der Waals surface area contributed by atoms with E-state index in [9.17, 15) is 19.5 Å². The van der Waals surface area contributed by atoms with E-state index in [-0.39, 0.29) is 25.7 Å². The van der Waals surface area contributed by atoms with Gasteiger partial charge in [-0.25, -0.2) is 4.79 Å². The maximum absolute atomic E-state index is 12.9. The Morgan fingerprint density at radius 1 is 1.06 bits per heavy atom. The molecular formula is C26H30N2O6. The highest BCUT2D eigenvalue weighted by Crippen LogP contribution is 2.44. The molecule has 180 valence electrons. The number of carboxylic acids is 1. The second-order valence-electron chi connectivity index (χ2n) is 8.76. The van der Waals surface area contributed by atoms with Crippen LogP contribution in [0.3, 0.4) is 0 Å². The number of carbonyl (C=O) groups is 3. The predicted octanol–water partition coefficient (Wildman–Crippen LogP) is 3.30. The number of aliphatic carboxylic acids is 1. The monoisotopic (exact) mass is 466 g/mol. The molecule has 2 aromatic carbocycles. The topological polar surface area (TPSA) is 114 Å². The molecule has 1 heterocycles. The zero-order valence-electron chi connectivity index (χ0n) is 19.2. The second-order valence-corrected chi connectivity index (χ2v) is 8.76. The summed E-state index contributed by atoms with van der Waals surface area (Å²) in [6.07, 6.45) is 1.33. The Bertz CT molecular complexity index is 1010. The quantitative estimate of drug-likeness (QED) is 0.523. The fourth-order valence-electron chi connectivity index (χ4n) is 4.68. The summed E-state index contributed by atoms with van der Waals surface area (Å²) in [6, 6.07) is 14.7. The minimum atomic E-state index is -1.02. The van der Waals surface area contributed by atoms with Crippen molar-refractivity contribution in [1.82, 2.24) is 10.6 Å². The number of fused-ring (bicyclic) bond motifs is 3. The summed E-state index contributed by atoms with van der Waals surface area (Å²) >= 11 is 0. The number of benzene rings is 2. The van der Waals surface area contributed by atoms with Crippen LogP contribution in [0.5, 0.6) is 0 Å². The Hall–Kier alpha value is -3.39. The highest BCUT2D eigenvalue weighted by atomic mass is 16.5. The van der Waals surface area contributed by atoms with Crippen LogP contribution in [0.4, 0.5) is 4.79 Å². The zero-order valence-corrected chi connectivity index (χ0v) is 19.2. The van der Waals surface area contributed by atoms with Crippen LogP contribution in [0.2, 0.25) is 0 Å². The molecule has 2 amide bonds. The van der Waals surface area contributed by atoms with Gasteiger partial charge >= 0.3 is 12.1 Å². The number of ether oxygens (including phenoxy) is 2. The van der Waals surface area contributed by atoms with Gasteiger partial charge in [-0.3, -0.25) is 9.59 Å². The van der Waals surface area contributed by atoms with E-state index in [1.54, 1.807) is 0 Å². The molecule has 1 fully saturated rings. The van der Waals surface area contributed by atoms with E-state index in [1.807, 2.05) is 43.3 Å². The Morgan fingerprint density at radius 3 is 2.32 bits per heavy atom. The van der Waals surface area contributed by atoms with E-state index in [2.05, 4.69) is 22.8 Å². The third kappa shape index (κ3) is 5.07. The molecule has 2 aromatic rings. The number of unbranched alkanes of at least 4 members (excludes halogenated alkanes) is 1. The van der Waals surface area contributed by atoms with Gasteiger partial charge in [0, 0.05) is 5.92 Å². The molecule has 2 unspecified atom stereocenters. The third-order valence-electron chi connectivity index (χ3n) is 6.52. The van der Waals surface area contributed by atoms with Crippen molar-refractivity contribution in [3.8, 4) is 11.1 Å². The van der Waals surface area contributed by atoms with E-state index in [0.29, 0.717) is 6.42 Å². The van der Waals surface area contributed by atoms with Crippen molar-refractivity contribution < 1.29 is 29.0 Å². The molecule has 0 aromatic heterocycles. The lowest BCUT2D eigenvalue weighted by atomic mass is 9.98. The number of hydrogen-bond donors (Lipinski definition) is 3. The van der Waals surface area contributed by atoms with Crippen molar-refractivity contribution in [2.24, 2.45) is 5.92 Å². The molecule has 4 rings (SSSR count). The highest BCUT2D eigenvalue weighted by Gasteiger charge is 2.36. The Balaban J connectivity index is 1.39. The average molecular weight is 467 g/mol. The first-order valence-corrected chi connectivity index (χ1v) is 11.7. The Kier molecular flexibility index (Phi) is 7.47. The van der Waals surface area contributed by atoms with Gasteiger partial charge in [-0.05, 0) is 28.7 Å². The van der Waals surface area contributed by atoms with Crippen LogP contribution in [0, 0.1) is 5.92 Å². The van der Waals surface area contributed by atoms with Gasteiger partial charge in [-0.1, -0.05) is 68.3 Å². The maximum Gasteiger partial charge on any atom is 0.407 e. The van der Waals surface area contributed by atoms with Crippen LogP contribution in [0.25, 0.3) is 11.1 Å². The minimum absolute atomic E-state index is 0.0553. The first kappa shape index (κ1) is 23.8. The molecule has 1 saturated heterocycles. The fraction of sp³-hybridized carbons (Fsp3) is 0.423. The highest BCUT2D eigenvalue weighted by molar-refractivity contribution is 5.86. The van der Waals surface area contributed by atoms with Gasteiger partial charge in [0.1, 0.15) is 18.6 Å². The standard InChI is InChI=1S/C26H30N2O6/c1-2-3-12-22(24(29)27-23-15-33-13-21(23)25(30)31)28-26(32)34-14-20-18-10-6-4-8-16(18)17-9-5-7-11-19(17)20/h4-11,20-23H,2-3,12-15H2,1H3,(H,27,29)(H,28,32)(H,30,31)/t21?,22-,23?/m0/s1. The lowest BCUT2D eigenvalue weighted by molar-refractivity contribution is -0.142. The lowest BCUT2D eigenvalue weighted by Gasteiger charge is -2.22. The van der Waals surface area contributed by atoms with Crippen LogP contribution < -0.4 is 10.6 Å². The first-order chi connectivity index (χ1) is 16.5. The number of rotatable bonds is 9. The number of carboxylic acid groups (broad SMARTS) is 1. The van der Waals surface area contributed by atoms with Crippen molar-refractivity contribution in [3.63, 3.8) is 0 Å². The number of alkyl carbamates (subject to hydrolysis) is 1. The summed E-state index contributed by atoms with van der Waals surface area (Å²) < 4.78 is 10.8. The summed E-state index contributed by atoms with van der Waals surface area (Å²) in [4.78, 5) is 36.9. The van der Waals surface area contributed by atoms with Crippen LogP contribution >= 0.6 is 0 Å². The van der Waals surface area contributed by atoms with Crippen molar-refractivity contribution in [1.29, 1.82) is 0 Å². The lowest BCUT2D eigenvalue weighted by Crippen LogP contribution is -2.52. The number of carbonyl (C=O) groups excluding carboxylic acids is 2. The molecule has 0 spiro atoms. The van der Waals surface area contributed by atoms with E-state index in [0.717, 1.165) is 35.1 Å². The molecule has 0 radical (unpaired) electrons. The van der Waals surface area contributed by atoms with E-state index in [1.165, 1.54) is 0 Å². The second kappa shape index (κ2) is 10.7. The van der Waals surface area contributed by atoms with Crippen molar-refractivity contribution in [2.75, 3.05) is 19.8 Å². The van der Waals surface area contributed by atoms with Crippen LogP contribution in [0.1, 0.15) is 43.2 Å². The van der Waals surface area contributed by atoms with E-state index >= 15 is 0 Å². The Labute approximate surface area is 198 Å². The molecule has 2 aliphatic rings. The maximum atomic E-state index is 12.9. The molecule has 1 aliphatic heterocycles. The molecule has 0 bridgehead atoms. The fourth-order valence-corrected chi connectivity index (χ4v) is 4.68. The average Bonchev–Trinajstić information content (AvgIpc) is 3.43. The molecule has 3 atom stereocenters. The zero-order chi connectivity index (χ0) is 24.1. The van der Waals surface area contributed by atoms with Gasteiger partial charge in [0.2, 0.25) is 5.91 Å². The Morgan fingerprint density at radius 2 is 1.71 bits per heavy atom. The summed E-state index contributed by atoms with van der Waals surface area (Å²) in [5, 5.41) is 14.7. The molecule has 34 heavy (non-hydrogen) atoms. The molecule has 1 aliphatic carbocycles. The smallest absolute Gasteiger partial charge is 0.407 e. The summed E-state index contributed by atoms with van der Waals surface area (Å²) in [5.41, 5.74) is 4.49. The molecule has 3 N–H and O–H groups in total. The van der Waals surface area contributed by atoms with E-state index < -0.39 is 36.0 Å². The van der Waals surface area contributed by atoms with Crippen molar-refractivity contribution in [2.45, 2.75) is 44.2 Å². The minimum Gasteiger partial charge on any atom is -0.481 e. The van der Waals surface area contributed by atoms with Crippen LogP contribution in [-0.2, 0) is 19.1 Å². The number of amides is 2. The number of hydrogen-bond acceptors (Lipinski definition) is 5. The first-order valence-electron chi connectivity index (χ1n) is 11.7. The van der Waals surface area contributed by atoms with Gasteiger partial charge in [0.25, 0.3) is 0 Å². The van der Waals surface area contributed by atoms with E-state index in [4.69, 9.17) is 9.47 Å². The molecule has 0 saturated carbocycles. The summed E-state index contributed by atoms with van der Waals surface area (Å²) in [7, 11) is 0. The van der Waals surface area contributed by atoms with Gasteiger partial charge in [-0.15, -0.1) is 0 Å². The predicted molar refractivity (Wildman–Crippen MR) is 125 cm³/mol. The van der Waals surface area contributed by atoms with Gasteiger partial charge in [0.05, 0.1) is 19.3 Å². The van der Waals surface area contributed by atoms with Gasteiger partial charge < -0.3 is 25.2 Å². The SMILES string of the molecule is CCCC[C@H](NC(=O)OCC1c2ccccc2-c2ccccc21)C(=O)NC1COCC1C(=O)O. The normalized spacial score (nSPS) is 19.7. The summed E-state index contributed by atoms with van der Waals surface area (Å²) in [6.45, 7) is 2.33. The molecule has 8 heteroatoms. The number of nitrogens with one attached hydrogen (secondary N) is 2. The summed E-state index contributed by atoms with van der Waals surface area (Å²) in [5.74, 6) is -2.32. The van der Waals surface area contributed by atoms with Gasteiger partial charge in [0.15, 0.2) is 0 Å². The van der Waals surface area contributed by atoms with Gasteiger partial charge in [-0.2, -0.15) is 0 Å². The third-order valence-corrected chi connectivity index (χ3v) is 6.52. The van der Waals surface area contributed by atoms with Crippen molar-refractivity contribution in [3.05, 3.63) is 59.7 Å². The molecule has 8 nitrogen and oxygen atoms in total. The largest absolute Gasteiger partial charge is 0.481 e. The molecular weight excluding hydrogens is 436 g/mol. The van der Waals surface area contributed by atoms with Crippen molar-refractivity contribution >= 4 is 18.0 Å². The van der Waals surface area contributed by atoms with Crippen LogP contribution in [0.15, 0.2) is 48.5 Å². The van der Waals surface area contributed by atoms with Crippen LogP contribution in [-0.4, -0.2) is 55.0 Å².